The number of para-hydroxylation sites is 1. The lowest BCUT2D eigenvalue weighted by molar-refractivity contribution is 0.0962. The zero-order valence-corrected chi connectivity index (χ0v) is 14.5. The molecule has 26 heavy (non-hydrogen) atoms. The first-order valence-corrected chi connectivity index (χ1v) is 8.45. The van der Waals surface area contributed by atoms with Gasteiger partial charge in [0.15, 0.2) is 0 Å². The van der Waals surface area contributed by atoms with Crippen molar-refractivity contribution in [1.29, 1.82) is 0 Å². The average Bonchev–Trinajstić information content (AvgIpc) is 3.12. The van der Waals surface area contributed by atoms with Crippen LogP contribution >= 0.6 is 0 Å². The van der Waals surface area contributed by atoms with Crippen LogP contribution in [0.3, 0.4) is 0 Å². The Kier molecular flexibility index (Phi) is 4.31. The summed E-state index contributed by atoms with van der Waals surface area (Å²) in [4.78, 5) is 14.6. The molecule has 3 aromatic rings. The van der Waals surface area contributed by atoms with Gasteiger partial charge in [0.1, 0.15) is 29.5 Å². The molecule has 0 fully saturated rings. The zero-order chi connectivity index (χ0) is 17.9. The first-order chi connectivity index (χ1) is 12.7. The lowest BCUT2D eigenvalue weighted by Crippen LogP contribution is -2.40. The molecule has 1 aliphatic rings. The second-order valence-corrected chi connectivity index (χ2v) is 6.00. The average molecular weight is 349 g/mol. The number of nitrogens with zero attached hydrogens (tertiary/aromatic N) is 3. The molecule has 0 bridgehead atoms. The van der Waals surface area contributed by atoms with Crippen molar-refractivity contribution in [2.75, 3.05) is 18.6 Å². The quantitative estimate of drug-likeness (QED) is 0.710. The van der Waals surface area contributed by atoms with E-state index in [1.165, 1.54) is 0 Å². The maximum Gasteiger partial charge on any atom is 0.276 e. The number of carbonyl (C=O) groups is 1. The molecule has 0 saturated heterocycles. The van der Waals surface area contributed by atoms with Gasteiger partial charge in [-0.25, -0.2) is 0 Å². The van der Waals surface area contributed by atoms with Gasteiger partial charge in [-0.1, -0.05) is 24.3 Å². The van der Waals surface area contributed by atoms with Gasteiger partial charge < -0.3 is 14.4 Å². The Labute approximate surface area is 151 Å². The minimum Gasteiger partial charge on any atom is -0.497 e. The van der Waals surface area contributed by atoms with Crippen LogP contribution in [0.4, 0.5) is 5.69 Å². The predicted octanol–water partition coefficient (Wildman–Crippen LogP) is 3.13. The van der Waals surface area contributed by atoms with Crippen LogP contribution < -0.4 is 14.4 Å². The molecular formula is C20H19N3O3. The van der Waals surface area contributed by atoms with E-state index in [9.17, 15) is 4.79 Å². The Morgan fingerprint density at radius 3 is 2.62 bits per heavy atom. The Hall–Kier alpha value is -3.28. The Morgan fingerprint density at radius 1 is 1.00 bits per heavy atom. The second kappa shape index (κ2) is 6.92. The fourth-order valence-electron chi connectivity index (χ4n) is 3.02. The van der Waals surface area contributed by atoms with Crippen LogP contribution in [0.2, 0.25) is 0 Å². The first-order valence-electron chi connectivity index (χ1n) is 8.45. The summed E-state index contributed by atoms with van der Waals surface area (Å²) in [6, 6.07) is 18.9. The molecule has 1 aliphatic heterocycles. The number of anilines is 1. The van der Waals surface area contributed by atoms with E-state index >= 15 is 0 Å². The van der Waals surface area contributed by atoms with Gasteiger partial charge in [0.2, 0.25) is 0 Å². The van der Waals surface area contributed by atoms with Gasteiger partial charge in [0.25, 0.3) is 5.91 Å². The molecule has 6 nitrogen and oxygen atoms in total. The second-order valence-electron chi connectivity index (χ2n) is 6.00. The van der Waals surface area contributed by atoms with Crippen LogP contribution in [0.1, 0.15) is 16.2 Å². The van der Waals surface area contributed by atoms with E-state index in [1.807, 2.05) is 54.6 Å². The maximum absolute atomic E-state index is 12.9. The number of carbonyl (C=O) groups excluding carboxylic acids is 1. The Morgan fingerprint density at radius 2 is 1.81 bits per heavy atom. The molecule has 0 atom stereocenters. The summed E-state index contributed by atoms with van der Waals surface area (Å²) in [5, 5.41) is 4.50. The SMILES string of the molecule is COc1cccc(N2CCn3nc(COc4ccccc4)cc3C2=O)c1. The van der Waals surface area contributed by atoms with E-state index in [-0.39, 0.29) is 5.91 Å². The summed E-state index contributed by atoms with van der Waals surface area (Å²) in [6.45, 7) is 1.54. The number of hydrogen-bond donors (Lipinski definition) is 0. The van der Waals surface area contributed by atoms with Crippen LogP contribution in [0.15, 0.2) is 60.7 Å². The molecule has 0 unspecified atom stereocenters. The fourth-order valence-corrected chi connectivity index (χ4v) is 3.02. The van der Waals surface area contributed by atoms with Gasteiger partial charge >= 0.3 is 0 Å². The van der Waals surface area contributed by atoms with Crippen LogP contribution in [0, 0.1) is 0 Å². The number of amides is 1. The summed E-state index contributed by atoms with van der Waals surface area (Å²) in [7, 11) is 1.62. The lowest BCUT2D eigenvalue weighted by Gasteiger charge is -2.27. The van der Waals surface area contributed by atoms with E-state index < -0.39 is 0 Å². The van der Waals surface area contributed by atoms with E-state index in [4.69, 9.17) is 9.47 Å². The highest BCUT2D eigenvalue weighted by atomic mass is 16.5. The zero-order valence-electron chi connectivity index (χ0n) is 14.5. The summed E-state index contributed by atoms with van der Waals surface area (Å²) in [5.41, 5.74) is 2.14. The van der Waals surface area contributed by atoms with Crippen molar-refractivity contribution in [2.45, 2.75) is 13.2 Å². The normalized spacial score (nSPS) is 13.4. The molecule has 0 N–H and O–H groups in total. The van der Waals surface area contributed by atoms with E-state index in [0.717, 1.165) is 22.9 Å². The third kappa shape index (κ3) is 3.13. The van der Waals surface area contributed by atoms with Crippen LogP contribution in [-0.4, -0.2) is 29.3 Å². The van der Waals surface area contributed by atoms with Crippen LogP contribution in [0.5, 0.6) is 11.5 Å². The summed E-state index contributed by atoms with van der Waals surface area (Å²) < 4.78 is 12.7. The molecule has 2 heterocycles. The monoisotopic (exact) mass is 349 g/mol. The van der Waals surface area contributed by atoms with Crippen molar-refractivity contribution in [1.82, 2.24) is 9.78 Å². The molecule has 6 heteroatoms. The number of fused-ring (bicyclic) bond motifs is 1. The highest BCUT2D eigenvalue weighted by Gasteiger charge is 2.27. The van der Waals surface area contributed by atoms with Crippen molar-refractivity contribution in [3.05, 3.63) is 72.1 Å². The number of ether oxygens (including phenoxy) is 2. The van der Waals surface area contributed by atoms with Gasteiger partial charge in [0, 0.05) is 18.3 Å². The predicted molar refractivity (Wildman–Crippen MR) is 97.7 cm³/mol. The molecule has 1 aromatic heterocycles. The molecule has 1 amide bonds. The molecule has 0 aliphatic carbocycles. The van der Waals surface area contributed by atoms with Gasteiger partial charge in [-0.2, -0.15) is 5.10 Å². The molecule has 4 rings (SSSR count). The molecule has 0 spiro atoms. The molecule has 132 valence electrons. The summed E-state index contributed by atoms with van der Waals surface area (Å²) in [5.74, 6) is 1.44. The molecular weight excluding hydrogens is 330 g/mol. The smallest absolute Gasteiger partial charge is 0.276 e. The minimum absolute atomic E-state index is 0.0667. The van der Waals surface area contributed by atoms with Crippen molar-refractivity contribution in [2.24, 2.45) is 0 Å². The van der Waals surface area contributed by atoms with Gasteiger partial charge in [-0.3, -0.25) is 9.48 Å². The molecule has 2 aromatic carbocycles. The third-order valence-electron chi connectivity index (χ3n) is 4.33. The number of methoxy groups -OCH3 is 1. The summed E-state index contributed by atoms with van der Waals surface area (Å²) in [6.07, 6.45) is 0. The number of hydrogen-bond acceptors (Lipinski definition) is 4. The van der Waals surface area contributed by atoms with Gasteiger partial charge in [0.05, 0.1) is 13.7 Å². The van der Waals surface area contributed by atoms with Crippen LogP contribution in [-0.2, 0) is 13.2 Å². The first kappa shape index (κ1) is 16.2. The topological polar surface area (TPSA) is 56.6 Å². The number of aromatic nitrogens is 2. The van der Waals surface area contributed by atoms with E-state index in [1.54, 1.807) is 22.8 Å². The van der Waals surface area contributed by atoms with Gasteiger partial charge in [-0.15, -0.1) is 0 Å². The highest BCUT2D eigenvalue weighted by Crippen LogP contribution is 2.25. The summed E-state index contributed by atoms with van der Waals surface area (Å²) >= 11 is 0. The van der Waals surface area contributed by atoms with Gasteiger partial charge in [-0.05, 0) is 30.3 Å². The minimum atomic E-state index is -0.0667. The standard InChI is InChI=1S/C20H19N3O3/c1-25-18-9-5-6-16(13-18)22-10-11-23-19(20(22)24)12-15(21-23)14-26-17-7-3-2-4-8-17/h2-9,12-13H,10-11,14H2,1H3. The number of benzene rings is 2. The third-order valence-corrected chi connectivity index (χ3v) is 4.33. The van der Waals surface area contributed by atoms with Crippen LogP contribution in [0.25, 0.3) is 0 Å². The molecule has 0 radical (unpaired) electrons. The van der Waals surface area contributed by atoms with Crippen molar-refractivity contribution in [3.8, 4) is 11.5 Å². The largest absolute Gasteiger partial charge is 0.497 e. The maximum atomic E-state index is 12.9. The lowest BCUT2D eigenvalue weighted by atomic mass is 10.2. The van der Waals surface area contributed by atoms with E-state index in [2.05, 4.69) is 5.10 Å². The highest BCUT2D eigenvalue weighted by molar-refractivity contribution is 6.05. The molecule has 0 saturated carbocycles. The number of rotatable bonds is 5. The van der Waals surface area contributed by atoms with Crippen molar-refractivity contribution in [3.63, 3.8) is 0 Å². The van der Waals surface area contributed by atoms with Crippen molar-refractivity contribution >= 4 is 11.6 Å². The Balaban J connectivity index is 1.52. The fraction of sp³-hybridized carbons (Fsp3) is 0.200. The van der Waals surface area contributed by atoms with E-state index in [0.29, 0.717) is 25.4 Å². The van der Waals surface area contributed by atoms with Crippen molar-refractivity contribution < 1.29 is 14.3 Å². The Bertz CT molecular complexity index is 921.